The first kappa shape index (κ1) is 18.1. The zero-order valence-corrected chi connectivity index (χ0v) is 14.1. The molecule has 0 aromatic heterocycles. The number of rotatable bonds is 7. The second-order valence-electron chi connectivity index (χ2n) is 5.36. The number of hydrogen-bond acceptors (Lipinski definition) is 3. The molecule has 0 atom stereocenters. The molecular weight excluding hydrogens is 331 g/mol. The molecule has 0 unspecified atom stereocenters. The first-order valence-electron chi connectivity index (χ1n) is 7.39. The van der Waals surface area contributed by atoms with Crippen LogP contribution in [0.1, 0.15) is 12.0 Å². The number of para-hydroxylation sites is 1. The van der Waals surface area contributed by atoms with Gasteiger partial charge < -0.3 is 5.32 Å². The Morgan fingerprint density at radius 2 is 1.71 bits per heavy atom. The molecule has 0 bridgehead atoms. The maximum atomic E-state index is 13.5. The summed E-state index contributed by atoms with van der Waals surface area (Å²) >= 11 is 0. The number of hydrogen-bond donors (Lipinski definition) is 1. The lowest BCUT2D eigenvalue weighted by Gasteiger charge is -2.19. The van der Waals surface area contributed by atoms with Gasteiger partial charge >= 0.3 is 0 Å². The Hall–Kier alpha value is -2.25. The van der Waals surface area contributed by atoms with E-state index in [9.17, 15) is 17.6 Å². The molecule has 1 N–H and O–H groups in total. The molecule has 0 fully saturated rings. The van der Waals surface area contributed by atoms with Crippen LogP contribution in [-0.2, 0) is 21.4 Å². The molecule has 0 saturated carbocycles. The highest BCUT2D eigenvalue weighted by atomic mass is 32.2. The average Bonchev–Trinajstić information content (AvgIpc) is 2.53. The highest BCUT2D eigenvalue weighted by Crippen LogP contribution is 2.13. The monoisotopic (exact) mass is 350 g/mol. The molecule has 128 valence electrons. The number of anilines is 1. The summed E-state index contributed by atoms with van der Waals surface area (Å²) in [5.41, 5.74) is 0.911. The lowest BCUT2D eigenvalue weighted by molar-refractivity contribution is -0.116. The van der Waals surface area contributed by atoms with E-state index < -0.39 is 21.7 Å². The van der Waals surface area contributed by atoms with Gasteiger partial charge in [0, 0.05) is 19.5 Å². The SMILES string of the molecule is CS(=O)(=O)N(CCC(=O)Nc1ccccc1F)Cc1ccccc1. The number of nitrogens with one attached hydrogen (secondary N) is 1. The smallest absolute Gasteiger partial charge is 0.225 e. The van der Waals surface area contributed by atoms with Crippen LogP contribution in [0.3, 0.4) is 0 Å². The van der Waals surface area contributed by atoms with Crippen molar-refractivity contribution in [1.29, 1.82) is 0 Å². The van der Waals surface area contributed by atoms with Crippen LogP contribution in [-0.4, -0.2) is 31.4 Å². The number of benzene rings is 2. The zero-order valence-electron chi connectivity index (χ0n) is 13.3. The molecule has 7 heteroatoms. The lowest BCUT2D eigenvalue weighted by atomic mass is 10.2. The van der Waals surface area contributed by atoms with Crippen LogP contribution in [0.15, 0.2) is 54.6 Å². The van der Waals surface area contributed by atoms with Crippen LogP contribution in [0.4, 0.5) is 10.1 Å². The molecule has 5 nitrogen and oxygen atoms in total. The third-order valence-electron chi connectivity index (χ3n) is 3.41. The normalized spacial score (nSPS) is 11.5. The standard InChI is InChI=1S/C17H19FN2O3S/c1-24(22,23)20(13-14-7-3-2-4-8-14)12-11-17(21)19-16-10-6-5-9-15(16)18/h2-10H,11-13H2,1H3,(H,19,21). The fourth-order valence-corrected chi connectivity index (χ4v) is 2.96. The minimum absolute atomic E-state index is 0.0218. The van der Waals surface area contributed by atoms with E-state index in [1.807, 2.05) is 30.3 Å². The van der Waals surface area contributed by atoms with E-state index in [2.05, 4.69) is 5.32 Å². The van der Waals surface area contributed by atoms with Gasteiger partial charge in [-0.2, -0.15) is 4.31 Å². The average molecular weight is 350 g/mol. The van der Waals surface area contributed by atoms with Crippen LogP contribution >= 0.6 is 0 Å². The molecule has 0 spiro atoms. The number of amides is 1. The molecule has 0 saturated heterocycles. The number of carbonyl (C=O) groups is 1. The molecule has 0 aliphatic carbocycles. The van der Waals surface area contributed by atoms with Gasteiger partial charge in [-0.25, -0.2) is 12.8 Å². The van der Waals surface area contributed by atoms with Crippen molar-refractivity contribution in [3.05, 3.63) is 66.0 Å². The van der Waals surface area contributed by atoms with Crippen LogP contribution < -0.4 is 5.32 Å². The second kappa shape index (κ2) is 8.03. The highest BCUT2D eigenvalue weighted by molar-refractivity contribution is 7.88. The Morgan fingerprint density at radius 3 is 2.33 bits per heavy atom. The van der Waals surface area contributed by atoms with Gasteiger partial charge in [-0.05, 0) is 17.7 Å². The van der Waals surface area contributed by atoms with E-state index in [1.165, 1.54) is 22.5 Å². The maximum absolute atomic E-state index is 13.5. The van der Waals surface area contributed by atoms with Crippen molar-refractivity contribution in [2.45, 2.75) is 13.0 Å². The van der Waals surface area contributed by atoms with Gasteiger partial charge in [0.1, 0.15) is 5.82 Å². The topological polar surface area (TPSA) is 66.5 Å². The highest BCUT2D eigenvalue weighted by Gasteiger charge is 2.18. The van der Waals surface area contributed by atoms with Crippen LogP contribution in [0, 0.1) is 5.82 Å². The predicted molar refractivity (Wildman–Crippen MR) is 91.3 cm³/mol. The molecule has 2 aromatic rings. The van der Waals surface area contributed by atoms with E-state index in [-0.39, 0.29) is 25.2 Å². The van der Waals surface area contributed by atoms with Crippen LogP contribution in [0.5, 0.6) is 0 Å². The summed E-state index contributed by atoms with van der Waals surface area (Å²) in [6.45, 7) is 0.209. The van der Waals surface area contributed by atoms with Gasteiger partial charge in [-0.3, -0.25) is 4.79 Å². The molecule has 2 aromatic carbocycles. The quantitative estimate of drug-likeness (QED) is 0.835. The first-order chi connectivity index (χ1) is 11.4. The van der Waals surface area contributed by atoms with Gasteiger partial charge in [0.2, 0.25) is 15.9 Å². The third-order valence-corrected chi connectivity index (χ3v) is 4.66. The summed E-state index contributed by atoms with van der Waals surface area (Å²) in [5, 5.41) is 2.45. The van der Waals surface area contributed by atoms with E-state index in [0.717, 1.165) is 11.8 Å². The molecule has 24 heavy (non-hydrogen) atoms. The summed E-state index contributed by atoms with van der Waals surface area (Å²) in [6, 6.07) is 14.9. The third kappa shape index (κ3) is 5.43. The van der Waals surface area contributed by atoms with Gasteiger partial charge in [0.15, 0.2) is 0 Å². The number of nitrogens with zero attached hydrogens (tertiary/aromatic N) is 1. The van der Waals surface area contributed by atoms with Crippen molar-refractivity contribution in [3.8, 4) is 0 Å². The molecule has 0 aliphatic rings. The summed E-state index contributed by atoms with van der Waals surface area (Å²) in [7, 11) is -3.46. The lowest BCUT2D eigenvalue weighted by Crippen LogP contribution is -2.32. The minimum atomic E-state index is -3.46. The number of halogens is 1. The molecule has 1 amide bonds. The van der Waals surface area contributed by atoms with Crippen LogP contribution in [0.2, 0.25) is 0 Å². The van der Waals surface area contributed by atoms with Crippen molar-refractivity contribution in [2.24, 2.45) is 0 Å². The Balaban J connectivity index is 1.98. The minimum Gasteiger partial charge on any atom is -0.324 e. The van der Waals surface area contributed by atoms with Gasteiger partial charge in [-0.1, -0.05) is 42.5 Å². The second-order valence-corrected chi connectivity index (χ2v) is 7.34. The zero-order chi connectivity index (χ0) is 17.6. The van der Waals surface area contributed by atoms with E-state index in [0.29, 0.717) is 0 Å². The Labute approximate surface area is 141 Å². The fourth-order valence-electron chi connectivity index (χ4n) is 2.15. The van der Waals surface area contributed by atoms with Crippen LogP contribution in [0.25, 0.3) is 0 Å². The summed E-state index contributed by atoms with van der Waals surface area (Å²) < 4.78 is 38.5. The Morgan fingerprint density at radius 1 is 1.08 bits per heavy atom. The summed E-state index contributed by atoms with van der Waals surface area (Å²) in [5.74, 6) is -0.975. The summed E-state index contributed by atoms with van der Waals surface area (Å²) in [6.07, 6.45) is 1.04. The van der Waals surface area contributed by atoms with Gasteiger partial charge in [0.25, 0.3) is 0 Å². The van der Waals surface area contributed by atoms with Gasteiger partial charge in [-0.15, -0.1) is 0 Å². The van der Waals surface area contributed by atoms with Crippen molar-refractivity contribution in [2.75, 3.05) is 18.1 Å². The molecular formula is C17H19FN2O3S. The molecule has 0 radical (unpaired) electrons. The van der Waals surface area contributed by atoms with Crippen molar-refractivity contribution in [3.63, 3.8) is 0 Å². The fraction of sp³-hybridized carbons (Fsp3) is 0.235. The Kier molecular flexibility index (Phi) is 6.05. The molecule has 0 heterocycles. The molecule has 0 aliphatic heterocycles. The van der Waals surface area contributed by atoms with Crippen molar-refractivity contribution >= 4 is 21.6 Å². The van der Waals surface area contributed by atoms with E-state index in [1.54, 1.807) is 6.07 Å². The Bertz CT molecular complexity index is 794. The molecule has 2 rings (SSSR count). The first-order valence-corrected chi connectivity index (χ1v) is 9.24. The number of carbonyl (C=O) groups excluding carboxylic acids is 1. The van der Waals surface area contributed by atoms with E-state index >= 15 is 0 Å². The largest absolute Gasteiger partial charge is 0.324 e. The van der Waals surface area contributed by atoms with Crippen molar-refractivity contribution in [1.82, 2.24) is 4.31 Å². The summed E-state index contributed by atoms with van der Waals surface area (Å²) in [4.78, 5) is 11.9. The predicted octanol–water partition coefficient (Wildman–Crippen LogP) is 2.62. The number of sulfonamides is 1. The van der Waals surface area contributed by atoms with Crippen molar-refractivity contribution < 1.29 is 17.6 Å². The van der Waals surface area contributed by atoms with Gasteiger partial charge in [0.05, 0.1) is 11.9 Å². The van der Waals surface area contributed by atoms with E-state index in [4.69, 9.17) is 0 Å². The maximum Gasteiger partial charge on any atom is 0.225 e.